The first-order chi connectivity index (χ1) is 37.2. The van der Waals surface area contributed by atoms with E-state index in [2.05, 4.69) is 83.0 Å². The molecule has 17 unspecified atom stereocenters. The van der Waals surface area contributed by atoms with E-state index >= 15 is 14.4 Å². The highest BCUT2D eigenvalue weighted by Gasteiger charge is 2.86. The first-order valence-corrected chi connectivity index (χ1v) is 29.7. The highest BCUT2D eigenvalue weighted by atomic mass is 16.7. The summed E-state index contributed by atoms with van der Waals surface area (Å²) in [7, 11) is 2.00. The number of hydrogen-bond acceptors (Lipinski definition) is 13. The number of carbonyl (C=O) groups excluding carboxylic acids is 3. The van der Waals surface area contributed by atoms with Crippen LogP contribution in [-0.4, -0.2) is 95.8 Å². The number of dihydropyridines is 2. The molecule has 14 rings (SSSR count). The third-order valence-corrected chi connectivity index (χ3v) is 21.6. The second-order valence-corrected chi connectivity index (χ2v) is 26.0. The number of nitrogens with two attached hydrogens (primary N) is 1. The first-order valence-electron chi connectivity index (χ1n) is 29.7. The molecule has 410 valence electrons. The summed E-state index contributed by atoms with van der Waals surface area (Å²) in [6, 6.07) is 5.58. The summed E-state index contributed by atoms with van der Waals surface area (Å²) in [5, 5.41) is 41.0. The number of carbonyl (C=O) groups is 3. The zero-order valence-electron chi connectivity index (χ0n) is 45.7. The average Bonchev–Trinajstić information content (AvgIpc) is 3.31. The Balaban J connectivity index is 0.935. The van der Waals surface area contributed by atoms with Crippen LogP contribution >= 0.6 is 0 Å². The van der Waals surface area contributed by atoms with Gasteiger partial charge in [0.25, 0.3) is 5.60 Å². The topological polar surface area (TPSA) is 200 Å². The number of aliphatic hydroxyl groups excluding tert-OH is 2. The van der Waals surface area contributed by atoms with Gasteiger partial charge in [0, 0.05) is 47.7 Å². The summed E-state index contributed by atoms with van der Waals surface area (Å²) >= 11 is 0. The minimum atomic E-state index is -2.28. The van der Waals surface area contributed by atoms with Crippen molar-refractivity contribution in [2.75, 3.05) is 26.7 Å². The van der Waals surface area contributed by atoms with E-state index in [1.165, 1.54) is 16.7 Å². The first kappa shape index (κ1) is 51.5. The Kier molecular flexibility index (Phi) is 13.0. The van der Waals surface area contributed by atoms with Gasteiger partial charge in [0.15, 0.2) is 11.4 Å². The van der Waals surface area contributed by atoms with Crippen LogP contribution in [0, 0.1) is 58.7 Å². The van der Waals surface area contributed by atoms with Crippen LogP contribution in [0.25, 0.3) is 0 Å². The van der Waals surface area contributed by atoms with Crippen molar-refractivity contribution >= 4 is 17.5 Å². The predicted molar refractivity (Wildman–Crippen MR) is 295 cm³/mol. The van der Waals surface area contributed by atoms with Gasteiger partial charge in [0.2, 0.25) is 5.78 Å². The van der Waals surface area contributed by atoms with E-state index in [0.29, 0.717) is 62.0 Å². The molecule has 13 nitrogen and oxygen atoms in total. The van der Waals surface area contributed by atoms with E-state index in [4.69, 9.17) is 15.2 Å². The van der Waals surface area contributed by atoms with E-state index in [1.54, 1.807) is 6.07 Å². The van der Waals surface area contributed by atoms with Crippen LogP contribution in [0.15, 0.2) is 112 Å². The quantitative estimate of drug-likeness (QED) is 0.0500. The summed E-state index contributed by atoms with van der Waals surface area (Å²) < 4.78 is 14.2. The van der Waals surface area contributed by atoms with Gasteiger partial charge in [-0.2, -0.15) is 0 Å². The molecule has 1 saturated heterocycles. The lowest BCUT2D eigenvalue weighted by molar-refractivity contribution is -0.179. The van der Waals surface area contributed by atoms with E-state index in [-0.39, 0.29) is 77.4 Å². The third kappa shape index (κ3) is 8.23. The fourth-order valence-corrected chi connectivity index (χ4v) is 18.1. The summed E-state index contributed by atoms with van der Waals surface area (Å²) in [6.07, 6.45) is 30.7. The lowest BCUT2D eigenvalue weighted by Crippen LogP contribution is -2.68. The number of ketones is 2. The van der Waals surface area contributed by atoms with E-state index in [9.17, 15) is 10.2 Å². The molecule has 7 aliphatic carbocycles. The van der Waals surface area contributed by atoms with Crippen LogP contribution in [0.3, 0.4) is 0 Å². The molecule has 4 fully saturated rings. The molecule has 13 aliphatic rings. The van der Waals surface area contributed by atoms with Gasteiger partial charge in [0.1, 0.15) is 11.9 Å². The number of rotatable bonds is 10. The van der Waals surface area contributed by atoms with Crippen LogP contribution in [0.4, 0.5) is 0 Å². The SMILES string of the molecule is CCNC12C=C3C=CCC4C5C=CC(C34)C1C(OC(=O)C13OC1(CC(CO)=C(C)CC1CCC4CC(NC)NC6=C4C1=CCN6)C(=O)c1cccc(c1C3=O)CC(C)(CC1=CNC(N)C=C1)CCC5)C1CC(O)CCC1C2. The molecule has 0 amide bonds. The monoisotopic (exact) mass is 1050 g/mol. The molecule has 6 bridgehead atoms. The molecule has 0 radical (unpaired) electrons. The highest BCUT2D eigenvalue weighted by molar-refractivity contribution is 6.33. The van der Waals surface area contributed by atoms with Crippen molar-refractivity contribution in [2.45, 2.75) is 158 Å². The number of nitrogens with one attached hydrogen (secondary N) is 5. The Morgan fingerprint density at radius 2 is 1.88 bits per heavy atom. The summed E-state index contributed by atoms with van der Waals surface area (Å²) in [6.45, 7) is 7.57. The standard InChI is InChI=1S/C64H82N6O7/c1-5-69-62-30-40-17-19-44(72)27-49(40)56-55(62)47-20-18-37(45-12-6-10-42(31-62)52(45)47)11-8-23-61(3,28-36-14-21-50(65)68-33-36)29-41-9-7-13-48-53(41)58(74)64(60(75)76-56)63(77-64,57(48)73)32-43(34-71)35(2)25-38-15-16-39-26-51(66-4)70-59-54(39)46(38)22-24-67-59/h6-7,9-10,13-14,18,20-22,31,33,37-40,44-45,47,49-52,55-56,66-72H,5,8,11-12,15-17,19,23-30,32,34,65H2,1-4H3. The van der Waals surface area contributed by atoms with Crippen molar-refractivity contribution in [3.8, 4) is 0 Å². The Hall–Kier alpha value is -4.89. The molecular formula is C64H82N6O7. The molecule has 9 N–H and O–H groups in total. The third-order valence-electron chi connectivity index (χ3n) is 21.6. The Bertz CT molecular complexity index is 2900. The molecule has 6 aliphatic heterocycles. The van der Waals surface area contributed by atoms with Gasteiger partial charge in [-0.1, -0.05) is 86.6 Å². The van der Waals surface area contributed by atoms with Crippen molar-refractivity contribution in [3.63, 3.8) is 0 Å². The van der Waals surface area contributed by atoms with Gasteiger partial charge < -0.3 is 52.0 Å². The molecule has 3 saturated carbocycles. The average molecular weight is 1050 g/mol. The van der Waals surface area contributed by atoms with Crippen molar-refractivity contribution in [2.24, 2.45) is 64.4 Å². The van der Waals surface area contributed by atoms with Crippen molar-refractivity contribution in [1.29, 1.82) is 0 Å². The largest absolute Gasteiger partial charge is 0.459 e. The maximum absolute atomic E-state index is 16.3. The zero-order valence-corrected chi connectivity index (χ0v) is 45.7. The second kappa shape index (κ2) is 19.4. The molecule has 77 heavy (non-hydrogen) atoms. The number of benzene rings is 1. The molecular weight excluding hydrogens is 965 g/mol. The van der Waals surface area contributed by atoms with Crippen LogP contribution in [0.5, 0.6) is 0 Å². The number of aliphatic hydroxyl groups is 2. The van der Waals surface area contributed by atoms with Crippen LogP contribution in [0.1, 0.15) is 137 Å². The summed E-state index contributed by atoms with van der Waals surface area (Å²) in [4.78, 5) is 48.6. The van der Waals surface area contributed by atoms with Gasteiger partial charge >= 0.3 is 5.97 Å². The molecule has 1 aromatic carbocycles. The van der Waals surface area contributed by atoms with Crippen molar-refractivity contribution < 1.29 is 34.1 Å². The summed E-state index contributed by atoms with van der Waals surface area (Å²) in [5.74, 6) is 0.716. The number of hydrogen-bond donors (Lipinski definition) is 8. The molecule has 0 aromatic heterocycles. The lowest BCUT2D eigenvalue weighted by atomic mass is 9.47. The number of allylic oxidation sites excluding steroid dienone is 10. The Morgan fingerprint density at radius 1 is 1.01 bits per heavy atom. The van der Waals surface area contributed by atoms with Gasteiger partial charge in [-0.3, -0.25) is 9.59 Å². The van der Waals surface area contributed by atoms with Crippen molar-refractivity contribution in [3.05, 3.63) is 129 Å². The van der Waals surface area contributed by atoms with Gasteiger partial charge in [-0.05, 0) is 190 Å². The van der Waals surface area contributed by atoms with E-state index in [0.717, 1.165) is 86.9 Å². The molecule has 13 heteroatoms. The fourth-order valence-electron chi connectivity index (χ4n) is 18.1. The Labute approximate surface area is 454 Å². The normalized spacial score (nSPS) is 42.4. The van der Waals surface area contributed by atoms with Gasteiger partial charge in [-0.25, -0.2) is 4.79 Å². The maximum Gasteiger partial charge on any atom is 0.350 e. The second-order valence-electron chi connectivity index (χ2n) is 26.0. The van der Waals surface area contributed by atoms with Gasteiger partial charge in [0.05, 0.1) is 25.0 Å². The smallest absolute Gasteiger partial charge is 0.350 e. The molecule has 1 spiro atoms. The van der Waals surface area contributed by atoms with Crippen LogP contribution < -0.4 is 32.3 Å². The van der Waals surface area contributed by atoms with E-state index < -0.39 is 46.5 Å². The molecule has 6 heterocycles. The van der Waals surface area contributed by atoms with Crippen LogP contribution in [-0.2, 0) is 20.7 Å². The lowest BCUT2D eigenvalue weighted by Gasteiger charge is -2.61. The van der Waals surface area contributed by atoms with E-state index in [1.807, 2.05) is 38.4 Å². The Morgan fingerprint density at radius 3 is 2.69 bits per heavy atom. The number of esters is 1. The van der Waals surface area contributed by atoms with Crippen LogP contribution in [0.2, 0.25) is 0 Å². The minimum Gasteiger partial charge on any atom is -0.459 e. The zero-order chi connectivity index (χ0) is 53.2. The number of epoxide rings is 1. The number of fused-ring (bicyclic) bond motifs is 6. The minimum absolute atomic E-state index is 0.0268. The number of ether oxygens (including phenoxy) is 2. The highest BCUT2D eigenvalue weighted by Crippen LogP contribution is 2.64. The summed E-state index contributed by atoms with van der Waals surface area (Å²) in [5.41, 5.74) is 9.11. The number of Topliss-reactive ketones (excluding diaryl/α,β-unsaturated/α-hetero) is 2. The predicted octanol–water partition coefficient (Wildman–Crippen LogP) is 7.41. The maximum atomic E-state index is 16.3. The fraction of sp³-hybridized carbons (Fsp3) is 0.609. The van der Waals surface area contributed by atoms with Gasteiger partial charge in [-0.15, -0.1) is 0 Å². The molecule has 17 atom stereocenters. The van der Waals surface area contributed by atoms with Crippen molar-refractivity contribution in [1.82, 2.24) is 26.6 Å². The molecule has 1 aromatic rings. The number of likely N-dealkylation sites (N-methyl/N-ethyl adjacent to an activating group) is 1.